The highest BCUT2D eigenvalue weighted by Gasteiger charge is 2.14. The van der Waals surface area contributed by atoms with E-state index in [2.05, 4.69) is 20.9 Å². The summed E-state index contributed by atoms with van der Waals surface area (Å²) < 4.78 is 15.8. The number of nitrogens with one attached hydrogen (secondary N) is 1. The summed E-state index contributed by atoms with van der Waals surface area (Å²) in [5.41, 5.74) is -0.201. The minimum absolute atomic E-state index is 0.127. The van der Waals surface area contributed by atoms with Gasteiger partial charge < -0.3 is 4.98 Å². The minimum atomic E-state index is -0.509. The zero-order chi connectivity index (χ0) is 13.6. The van der Waals surface area contributed by atoms with Crippen molar-refractivity contribution in [3.63, 3.8) is 0 Å². The van der Waals surface area contributed by atoms with Crippen LogP contribution in [0.25, 0.3) is 15.9 Å². The van der Waals surface area contributed by atoms with Gasteiger partial charge in [0.15, 0.2) is 4.77 Å². The molecule has 19 heavy (non-hydrogen) atoms. The molecule has 0 atom stereocenters. The average molecular weight is 357 g/mol. The first-order valence-electron chi connectivity index (χ1n) is 5.26. The number of aromatic nitrogens is 2. The van der Waals surface area contributed by atoms with Gasteiger partial charge in [0, 0.05) is 4.47 Å². The predicted octanol–water partition coefficient (Wildman–Crippen LogP) is 4.01. The molecular formula is C12H6BrFN2OS2. The van der Waals surface area contributed by atoms with Crippen LogP contribution in [-0.4, -0.2) is 9.55 Å². The van der Waals surface area contributed by atoms with E-state index in [0.29, 0.717) is 14.7 Å². The molecule has 2 aromatic heterocycles. The van der Waals surface area contributed by atoms with Crippen molar-refractivity contribution in [2.45, 2.75) is 0 Å². The number of hydrogen-bond donors (Lipinski definition) is 1. The van der Waals surface area contributed by atoms with E-state index in [0.717, 1.165) is 0 Å². The number of thiophene rings is 1. The highest BCUT2D eigenvalue weighted by Crippen LogP contribution is 2.24. The molecule has 0 saturated carbocycles. The number of rotatable bonds is 1. The van der Waals surface area contributed by atoms with Gasteiger partial charge in [0.25, 0.3) is 5.56 Å². The molecule has 0 unspecified atom stereocenters. The lowest BCUT2D eigenvalue weighted by Crippen LogP contribution is -2.21. The summed E-state index contributed by atoms with van der Waals surface area (Å²) in [5.74, 6) is -0.509. The Labute approximate surface area is 124 Å². The quantitative estimate of drug-likeness (QED) is 0.669. The Morgan fingerprint density at radius 3 is 2.89 bits per heavy atom. The van der Waals surface area contributed by atoms with Crippen LogP contribution in [-0.2, 0) is 0 Å². The zero-order valence-corrected chi connectivity index (χ0v) is 12.5. The van der Waals surface area contributed by atoms with E-state index in [-0.39, 0.29) is 16.0 Å². The monoisotopic (exact) mass is 356 g/mol. The highest BCUT2D eigenvalue weighted by atomic mass is 79.9. The van der Waals surface area contributed by atoms with Crippen LogP contribution in [0.2, 0.25) is 0 Å². The standard InChI is InChI=1S/C12H6BrFN2OS2/c13-7-2-1-3-8(14)9(7)16-11(17)6-4-5-19-10(6)15-12(16)18/h1-5H,(H,15,18). The molecule has 0 fully saturated rings. The second-order valence-electron chi connectivity index (χ2n) is 3.80. The predicted molar refractivity (Wildman–Crippen MR) is 80.3 cm³/mol. The minimum Gasteiger partial charge on any atom is -0.323 e. The molecule has 0 aliphatic heterocycles. The number of aromatic amines is 1. The van der Waals surface area contributed by atoms with Crippen molar-refractivity contribution in [2.75, 3.05) is 0 Å². The molecule has 0 amide bonds. The summed E-state index contributed by atoms with van der Waals surface area (Å²) in [6, 6.07) is 6.21. The molecule has 3 rings (SSSR count). The third kappa shape index (κ3) is 1.98. The normalized spacial score (nSPS) is 11.1. The smallest absolute Gasteiger partial charge is 0.267 e. The van der Waals surface area contributed by atoms with Crippen LogP contribution in [0.1, 0.15) is 0 Å². The van der Waals surface area contributed by atoms with Gasteiger partial charge in [-0.15, -0.1) is 11.3 Å². The fourth-order valence-electron chi connectivity index (χ4n) is 1.85. The number of nitrogens with zero attached hydrogens (tertiary/aromatic N) is 1. The van der Waals surface area contributed by atoms with E-state index < -0.39 is 5.82 Å². The van der Waals surface area contributed by atoms with Gasteiger partial charge in [-0.25, -0.2) is 8.96 Å². The highest BCUT2D eigenvalue weighted by molar-refractivity contribution is 9.10. The molecule has 1 aromatic carbocycles. The maximum absolute atomic E-state index is 14.0. The van der Waals surface area contributed by atoms with E-state index in [1.165, 1.54) is 22.0 Å². The van der Waals surface area contributed by atoms with Gasteiger partial charge in [0.05, 0.1) is 5.39 Å². The number of benzene rings is 1. The molecule has 0 aliphatic carbocycles. The fraction of sp³-hybridized carbons (Fsp3) is 0. The van der Waals surface area contributed by atoms with Crippen LogP contribution >= 0.6 is 39.5 Å². The Hall–Kier alpha value is -1.31. The van der Waals surface area contributed by atoms with E-state index in [1.807, 2.05) is 0 Å². The van der Waals surface area contributed by atoms with Gasteiger partial charge in [0.2, 0.25) is 0 Å². The van der Waals surface area contributed by atoms with Gasteiger partial charge in [0.1, 0.15) is 16.3 Å². The van der Waals surface area contributed by atoms with Crippen molar-refractivity contribution in [3.8, 4) is 5.69 Å². The van der Waals surface area contributed by atoms with Crippen molar-refractivity contribution in [2.24, 2.45) is 0 Å². The molecule has 2 heterocycles. The van der Waals surface area contributed by atoms with E-state index >= 15 is 0 Å². The van der Waals surface area contributed by atoms with Gasteiger partial charge in [-0.2, -0.15) is 0 Å². The molecule has 0 radical (unpaired) electrons. The van der Waals surface area contributed by atoms with Crippen LogP contribution in [0.5, 0.6) is 0 Å². The Morgan fingerprint density at radius 2 is 2.16 bits per heavy atom. The lowest BCUT2D eigenvalue weighted by molar-refractivity contribution is 0.613. The molecule has 3 aromatic rings. The van der Waals surface area contributed by atoms with Crippen molar-refractivity contribution in [1.82, 2.24) is 9.55 Å². The fourth-order valence-corrected chi connectivity index (χ4v) is 3.48. The molecule has 1 N–H and O–H groups in total. The Balaban J connectivity index is 2.50. The van der Waals surface area contributed by atoms with Gasteiger partial charge in [-0.05, 0) is 51.7 Å². The summed E-state index contributed by atoms with van der Waals surface area (Å²) in [5, 5.41) is 2.28. The van der Waals surface area contributed by atoms with Crippen LogP contribution in [0.4, 0.5) is 4.39 Å². The molecule has 7 heteroatoms. The van der Waals surface area contributed by atoms with Gasteiger partial charge in [-0.1, -0.05) is 6.07 Å². The van der Waals surface area contributed by atoms with Crippen LogP contribution in [0.15, 0.2) is 38.9 Å². The lowest BCUT2D eigenvalue weighted by Gasteiger charge is -2.09. The van der Waals surface area contributed by atoms with Crippen molar-refractivity contribution in [1.29, 1.82) is 0 Å². The third-order valence-electron chi connectivity index (χ3n) is 2.68. The van der Waals surface area contributed by atoms with Crippen LogP contribution < -0.4 is 5.56 Å². The maximum Gasteiger partial charge on any atom is 0.267 e. The zero-order valence-electron chi connectivity index (χ0n) is 9.31. The second kappa shape index (κ2) is 4.66. The summed E-state index contributed by atoms with van der Waals surface area (Å²) in [7, 11) is 0. The molecular weight excluding hydrogens is 351 g/mol. The average Bonchev–Trinajstić information content (AvgIpc) is 2.81. The van der Waals surface area contributed by atoms with Crippen molar-refractivity contribution < 1.29 is 4.39 Å². The first kappa shape index (κ1) is 12.7. The molecule has 0 saturated heterocycles. The molecule has 0 spiro atoms. The van der Waals surface area contributed by atoms with Crippen LogP contribution in [0.3, 0.4) is 0 Å². The number of hydrogen-bond acceptors (Lipinski definition) is 3. The molecule has 0 bridgehead atoms. The van der Waals surface area contributed by atoms with Crippen LogP contribution in [0, 0.1) is 10.6 Å². The van der Waals surface area contributed by atoms with E-state index in [4.69, 9.17) is 12.2 Å². The number of halogens is 2. The van der Waals surface area contributed by atoms with E-state index in [9.17, 15) is 9.18 Å². The molecule has 3 nitrogen and oxygen atoms in total. The largest absolute Gasteiger partial charge is 0.323 e. The number of para-hydroxylation sites is 1. The first-order chi connectivity index (χ1) is 9.09. The third-order valence-corrected chi connectivity index (χ3v) is 4.44. The number of fused-ring (bicyclic) bond motifs is 1. The molecule has 0 aliphatic rings. The maximum atomic E-state index is 14.0. The Bertz CT molecular complexity index is 876. The Kier molecular flexibility index (Phi) is 3.12. The topological polar surface area (TPSA) is 37.8 Å². The number of H-pyrrole nitrogens is 1. The van der Waals surface area contributed by atoms with Gasteiger partial charge >= 0.3 is 0 Å². The lowest BCUT2D eigenvalue weighted by atomic mass is 10.3. The summed E-state index contributed by atoms with van der Waals surface area (Å²) in [6.45, 7) is 0. The summed E-state index contributed by atoms with van der Waals surface area (Å²) in [6.07, 6.45) is 0. The van der Waals surface area contributed by atoms with Gasteiger partial charge in [-0.3, -0.25) is 4.79 Å². The van der Waals surface area contributed by atoms with Crippen molar-refractivity contribution in [3.05, 3.63) is 55.1 Å². The Morgan fingerprint density at radius 1 is 1.37 bits per heavy atom. The summed E-state index contributed by atoms with van der Waals surface area (Å²) >= 11 is 9.80. The van der Waals surface area contributed by atoms with E-state index in [1.54, 1.807) is 23.6 Å². The second-order valence-corrected chi connectivity index (χ2v) is 5.96. The first-order valence-corrected chi connectivity index (χ1v) is 7.34. The van der Waals surface area contributed by atoms with Crippen molar-refractivity contribution >= 4 is 49.7 Å². The summed E-state index contributed by atoms with van der Waals surface area (Å²) in [4.78, 5) is 16.0. The molecule has 96 valence electrons. The SMILES string of the molecule is O=c1c2ccsc2[nH]c(=S)n1-c1c(F)cccc1Br.